The molecule has 1 aliphatic rings. The molecule has 0 saturated heterocycles. The molecule has 0 fully saturated rings. The lowest BCUT2D eigenvalue weighted by molar-refractivity contribution is 0.486. The van der Waals surface area contributed by atoms with Crippen molar-refractivity contribution in [1.82, 2.24) is 4.31 Å². The summed E-state index contributed by atoms with van der Waals surface area (Å²) in [5.41, 5.74) is 2.31. The molecule has 2 rings (SSSR count). The second-order valence-electron chi connectivity index (χ2n) is 4.32. The number of hydrogen-bond acceptors (Lipinski definition) is 2. The third-order valence-corrected chi connectivity index (χ3v) is 5.68. The molecule has 0 amide bonds. The highest BCUT2D eigenvalue weighted by Gasteiger charge is 2.25. The Morgan fingerprint density at radius 3 is 2.47 bits per heavy atom. The van der Waals surface area contributed by atoms with E-state index in [1.54, 1.807) is 26.1 Å². The Kier molecular flexibility index (Phi) is 3.48. The van der Waals surface area contributed by atoms with Gasteiger partial charge in [-0.2, -0.15) is 0 Å². The first-order valence-electron chi connectivity index (χ1n) is 5.74. The highest BCUT2D eigenvalue weighted by atomic mass is 35.5. The molecule has 0 aromatic heterocycles. The van der Waals surface area contributed by atoms with Crippen LogP contribution in [0.3, 0.4) is 0 Å². The van der Waals surface area contributed by atoms with Gasteiger partial charge in [0.05, 0.1) is 5.02 Å². The van der Waals surface area contributed by atoms with Gasteiger partial charge in [-0.05, 0) is 42.5 Å². The van der Waals surface area contributed by atoms with Crippen LogP contribution >= 0.6 is 11.6 Å². The number of rotatable bonds is 3. The van der Waals surface area contributed by atoms with Crippen molar-refractivity contribution in [2.24, 2.45) is 0 Å². The Bertz CT molecular complexity index is 540. The highest BCUT2D eigenvalue weighted by molar-refractivity contribution is 7.89. The molecule has 5 heteroatoms. The van der Waals surface area contributed by atoms with Gasteiger partial charge in [0.25, 0.3) is 0 Å². The van der Waals surface area contributed by atoms with Crippen molar-refractivity contribution in [3.63, 3.8) is 0 Å². The predicted octanol–water partition coefficient (Wildman–Crippen LogP) is 2.47. The summed E-state index contributed by atoms with van der Waals surface area (Å²) < 4.78 is 25.8. The molecular formula is C12H16ClNO2S. The molecule has 0 radical (unpaired) electrons. The lowest BCUT2D eigenvalue weighted by Gasteiger charge is -2.16. The Labute approximate surface area is 107 Å². The third kappa shape index (κ3) is 2.21. The van der Waals surface area contributed by atoms with E-state index in [4.69, 9.17) is 11.6 Å². The van der Waals surface area contributed by atoms with E-state index in [1.807, 2.05) is 0 Å². The Morgan fingerprint density at radius 2 is 1.88 bits per heavy atom. The summed E-state index contributed by atoms with van der Waals surface area (Å²) >= 11 is 6.09. The molecule has 1 aromatic rings. The standard InChI is InChI=1S/C12H16ClNO2S/c1-3-14(2)17(15,16)12-8-10-6-4-5-9(10)7-11(12)13/h7-8H,3-6H2,1-2H3. The van der Waals surface area contributed by atoms with E-state index in [0.29, 0.717) is 11.6 Å². The number of halogens is 1. The smallest absolute Gasteiger partial charge is 0.207 e. The van der Waals surface area contributed by atoms with Crippen molar-refractivity contribution in [3.05, 3.63) is 28.3 Å². The maximum absolute atomic E-state index is 12.2. The second-order valence-corrected chi connectivity index (χ2v) is 6.74. The van der Waals surface area contributed by atoms with Gasteiger partial charge in [0.1, 0.15) is 4.90 Å². The number of nitrogens with zero attached hydrogens (tertiary/aromatic N) is 1. The van der Waals surface area contributed by atoms with Crippen LogP contribution in [0.4, 0.5) is 0 Å². The normalized spacial score (nSPS) is 15.3. The van der Waals surface area contributed by atoms with Gasteiger partial charge in [0, 0.05) is 13.6 Å². The van der Waals surface area contributed by atoms with Crippen LogP contribution in [0, 0.1) is 0 Å². The van der Waals surface area contributed by atoms with E-state index < -0.39 is 10.0 Å². The molecule has 0 N–H and O–H groups in total. The van der Waals surface area contributed by atoms with Crippen LogP contribution < -0.4 is 0 Å². The topological polar surface area (TPSA) is 37.4 Å². The van der Waals surface area contributed by atoms with E-state index in [0.717, 1.165) is 24.8 Å². The Hall–Kier alpha value is -0.580. The third-order valence-electron chi connectivity index (χ3n) is 3.28. The zero-order valence-electron chi connectivity index (χ0n) is 10.0. The molecule has 0 bridgehead atoms. The lowest BCUT2D eigenvalue weighted by Crippen LogP contribution is -2.26. The first-order chi connectivity index (χ1) is 7.96. The zero-order chi connectivity index (χ0) is 12.6. The van der Waals surface area contributed by atoms with Crippen molar-refractivity contribution < 1.29 is 8.42 Å². The average molecular weight is 274 g/mol. The van der Waals surface area contributed by atoms with E-state index in [2.05, 4.69) is 0 Å². The Balaban J connectivity index is 2.53. The molecule has 0 saturated carbocycles. The molecule has 1 aromatic carbocycles. The molecule has 0 spiro atoms. The van der Waals surface area contributed by atoms with E-state index in [-0.39, 0.29) is 4.90 Å². The fourth-order valence-electron chi connectivity index (χ4n) is 2.11. The number of aryl methyl sites for hydroxylation is 2. The van der Waals surface area contributed by atoms with Crippen LogP contribution in [0.15, 0.2) is 17.0 Å². The predicted molar refractivity (Wildman–Crippen MR) is 69.0 cm³/mol. The van der Waals surface area contributed by atoms with Gasteiger partial charge >= 0.3 is 0 Å². The summed E-state index contributed by atoms with van der Waals surface area (Å²) in [6.45, 7) is 2.24. The van der Waals surface area contributed by atoms with Crippen LogP contribution in [-0.2, 0) is 22.9 Å². The highest BCUT2D eigenvalue weighted by Crippen LogP contribution is 2.32. The fraction of sp³-hybridized carbons (Fsp3) is 0.500. The zero-order valence-corrected chi connectivity index (χ0v) is 11.6. The minimum Gasteiger partial charge on any atom is -0.207 e. The van der Waals surface area contributed by atoms with Crippen molar-refractivity contribution in [2.75, 3.05) is 13.6 Å². The van der Waals surface area contributed by atoms with Crippen LogP contribution in [0.2, 0.25) is 5.02 Å². The first kappa shape index (κ1) is 12.9. The van der Waals surface area contributed by atoms with Gasteiger partial charge in [-0.3, -0.25) is 0 Å². The average Bonchev–Trinajstić information content (AvgIpc) is 2.73. The van der Waals surface area contributed by atoms with Crippen LogP contribution in [0.5, 0.6) is 0 Å². The quantitative estimate of drug-likeness (QED) is 0.848. The van der Waals surface area contributed by atoms with Crippen molar-refractivity contribution in [1.29, 1.82) is 0 Å². The van der Waals surface area contributed by atoms with Gasteiger partial charge in [-0.25, -0.2) is 12.7 Å². The number of fused-ring (bicyclic) bond motifs is 1. The Morgan fingerprint density at radius 1 is 1.29 bits per heavy atom. The lowest BCUT2D eigenvalue weighted by atomic mass is 10.1. The van der Waals surface area contributed by atoms with Crippen LogP contribution in [0.25, 0.3) is 0 Å². The SMILES string of the molecule is CCN(C)S(=O)(=O)c1cc2c(cc1Cl)CCC2. The van der Waals surface area contributed by atoms with E-state index in [1.165, 1.54) is 9.87 Å². The summed E-state index contributed by atoms with van der Waals surface area (Å²) in [6.07, 6.45) is 3.03. The number of sulfonamides is 1. The maximum Gasteiger partial charge on any atom is 0.244 e. The van der Waals surface area contributed by atoms with Crippen LogP contribution in [0.1, 0.15) is 24.5 Å². The molecule has 3 nitrogen and oxygen atoms in total. The summed E-state index contributed by atoms with van der Waals surface area (Å²) in [5.74, 6) is 0. The largest absolute Gasteiger partial charge is 0.244 e. The minimum absolute atomic E-state index is 0.240. The molecular weight excluding hydrogens is 258 g/mol. The number of hydrogen-bond donors (Lipinski definition) is 0. The van der Waals surface area contributed by atoms with Gasteiger partial charge in [0.15, 0.2) is 0 Å². The van der Waals surface area contributed by atoms with Gasteiger partial charge in [-0.15, -0.1) is 0 Å². The van der Waals surface area contributed by atoms with Gasteiger partial charge in [-0.1, -0.05) is 18.5 Å². The second kappa shape index (κ2) is 4.59. The molecule has 1 aliphatic carbocycles. The molecule has 0 aliphatic heterocycles. The van der Waals surface area contributed by atoms with E-state index in [9.17, 15) is 8.42 Å². The van der Waals surface area contributed by atoms with Gasteiger partial charge < -0.3 is 0 Å². The molecule has 94 valence electrons. The van der Waals surface area contributed by atoms with Crippen molar-refractivity contribution in [2.45, 2.75) is 31.1 Å². The molecule has 0 atom stereocenters. The molecule has 0 unspecified atom stereocenters. The molecule has 17 heavy (non-hydrogen) atoms. The van der Waals surface area contributed by atoms with Crippen LogP contribution in [-0.4, -0.2) is 26.3 Å². The fourth-order valence-corrected chi connectivity index (χ4v) is 3.86. The summed E-state index contributed by atoms with van der Waals surface area (Å²) in [5, 5.41) is 0.339. The van der Waals surface area contributed by atoms with Crippen molar-refractivity contribution >= 4 is 21.6 Å². The van der Waals surface area contributed by atoms with E-state index >= 15 is 0 Å². The van der Waals surface area contributed by atoms with Gasteiger partial charge in [0.2, 0.25) is 10.0 Å². The maximum atomic E-state index is 12.2. The summed E-state index contributed by atoms with van der Waals surface area (Å²) in [7, 11) is -1.87. The van der Waals surface area contributed by atoms with Crippen molar-refractivity contribution in [3.8, 4) is 0 Å². The first-order valence-corrected chi connectivity index (χ1v) is 7.56. The molecule has 0 heterocycles. The summed E-state index contributed by atoms with van der Waals surface area (Å²) in [4.78, 5) is 0.240. The summed E-state index contributed by atoms with van der Waals surface area (Å²) in [6, 6.07) is 3.55. The minimum atomic E-state index is -3.44. The monoisotopic (exact) mass is 273 g/mol. The number of benzene rings is 1.